The van der Waals surface area contributed by atoms with Gasteiger partial charge in [-0.05, 0) is 6.42 Å². The Bertz CT molecular complexity index is 285. The van der Waals surface area contributed by atoms with Crippen LogP contribution in [0.1, 0.15) is 39.0 Å². The summed E-state index contributed by atoms with van der Waals surface area (Å²) in [4.78, 5) is 11.3. The molecule has 0 spiro atoms. The molecular formula is C11H17N3O. The number of carbonyl (C=O) groups is 1. The second-order valence-electron chi connectivity index (χ2n) is 3.74. The second-order valence-corrected chi connectivity index (χ2v) is 3.74. The smallest absolute Gasteiger partial charge is 0.220 e. The second kappa shape index (κ2) is 5.50. The summed E-state index contributed by atoms with van der Waals surface area (Å²) in [5, 5.41) is 10.8. The average Bonchev–Trinajstić information content (AvgIpc) is 3.01. The molecule has 0 bridgehead atoms. The van der Waals surface area contributed by atoms with Crippen LogP contribution >= 0.6 is 0 Å². The van der Waals surface area contributed by atoms with Gasteiger partial charge in [-0.1, -0.05) is 6.92 Å². The first kappa shape index (κ1) is 11.7. The van der Waals surface area contributed by atoms with Gasteiger partial charge in [0.2, 0.25) is 5.91 Å². The van der Waals surface area contributed by atoms with Gasteiger partial charge in [-0.15, -0.1) is 12.3 Å². The summed E-state index contributed by atoms with van der Waals surface area (Å²) in [5.41, 5.74) is -0.323. The predicted octanol–water partition coefficient (Wildman–Crippen LogP) is 1.87. The topological polar surface area (TPSA) is 53.8 Å². The lowest BCUT2D eigenvalue weighted by Crippen LogP contribution is -2.25. The summed E-state index contributed by atoms with van der Waals surface area (Å²) in [6, 6.07) is 0. The van der Waals surface area contributed by atoms with Crippen molar-refractivity contribution in [1.29, 1.82) is 0 Å². The third kappa shape index (κ3) is 4.11. The van der Waals surface area contributed by atoms with Crippen molar-refractivity contribution in [2.24, 2.45) is 10.2 Å². The highest BCUT2D eigenvalue weighted by molar-refractivity contribution is 5.75. The molecule has 82 valence electrons. The third-order valence-corrected chi connectivity index (χ3v) is 2.38. The maximum atomic E-state index is 11.3. The Balaban J connectivity index is 2.14. The van der Waals surface area contributed by atoms with Crippen LogP contribution in [0.15, 0.2) is 10.2 Å². The highest BCUT2D eigenvalue weighted by atomic mass is 16.1. The number of hydrogen-bond acceptors (Lipinski definition) is 3. The molecule has 0 radical (unpaired) electrons. The molecule has 0 fully saturated rings. The van der Waals surface area contributed by atoms with Gasteiger partial charge in [-0.3, -0.25) is 4.79 Å². The van der Waals surface area contributed by atoms with Crippen LogP contribution in [-0.4, -0.2) is 18.1 Å². The Morgan fingerprint density at radius 2 is 2.20 bits per heavy atom. The van der Waals surface area contributed by atoms with Crippen LogP contribution in [0.25, 0.3) is 0 Å². The summed E-state index contributed by atoms with van der Waals surface area (Å²) in [6.07, 6.45) is 8.74. The fourth-order valence-electron chi connectivity index (χ4n) is 1.33. The van der Waals surface area contributed by atoms with Gasteiger partial charge < -0.3 is 5.32 Å². The molecule has 0 unspecified atom stereocenters. The quantitative estimate of drug-likeness (QED) is 0.636. The summed E-state index contributed by atoms with van der Waals surface area (Å²) in [5.74, 6) is 2.64. The highest BCUT2D eigenvalue weighted by Gasteiger charge is 2.39. The Morgan fingerprint density at radius 3 is 2.73 bits per heavy atom. The molecule has 1 heterocycles. The van der Waals surface area contributed by atoms with E-state index in [1.807, 2.05) is 6.92 Å². The maximum absolute atomic E-state index is 11.3. The summed E-state index contributed by atoms with van der Waals surface area (Å²) >= 11 is 0. The third-order valence-electron chi connectivity index (χ3n) is 2.38. The summed E-state index contributed by atoms with van der Waals surface area (Å²) in [7, 11) is 0. The van der Waals surface area contributed by atoms with Crippen molar-refractivity contribution < 1.29 is 4.79 Å². The Labute approximate surface area is 90.5 Å². The Hall–Kier alpha value is -1.37. The molecule has 1 N–H and O–H groups in total. The van der Waals surface area contributed by atoms with E-state index in [1.54, 1.807) is 0 Å². The first-order chi connectivity index (χ1) is 7.22. The number of nitrogens with zero attached hydrogens (tertiary/aromatic N) is 2. The number of carbonyl (C=O) groups excluding carboxylic acids is 1. The molecule has 0 atom stereocenters. The van der Waals surface area contributed by atoms with Crippen LogP contribution in [0.5, 0.6) is 0 Å². The van der Waals surface area contributed by atoms with E-state index >= 15 is 0 Å². The lowest BCUT2D eigenvalue weighted by atomic mass is 10.0. The Morgan fingerprint density at radius 1 is 1.47 bits per heavy atom. The van der Waals surface area contributed by atoms with Gasteiger partial charge in [0, 0.05) is 32.2 Å². The number of hydrogen-bond donors (Lipinski definition) is 1. The van der Waals surface area contributed by atoms with Crippen LogP contribution in [0.2, 0.25) is 0 Å². The van der Waals surface area contributed by atoms with Crippen molar-refractivity contribution in [3.8, 4) is 12.3 Å². The van der Waals surface area contributed by atoms with Gasteiger partial charge in [-0.25, -0.2) is 0 Å². The number of nitrogens with one attached hydrogen (secondary N) is 1. The van der Waals surface area contributed by atoms with Crippen molar-refractivity contribution in [2.75, 3.05) is 6.54 Å². The van der Waals surface area contributed by atoms with E-state index in [-0.39, 0.29) is 11.6 Å². The minimum atomic E-state index is -0.323. The molecule has 4 nitrogen and oxygen atoms in total. The predicted molar refractivity (Wildman–Crippen MR) is 58.2 cm³/mol. The zero-order valence-electron chi connectivity index (χ0n) is 9.12. The fraction of sp³-hybridized carbons (Fsp3) is 0.727. The van der Waals surface area contributed by atoms with E-state index < -0.39 is 0 Å². The number of amides is 1. The standard InChI is InChI=1S/C11H17N3O/c1-3-5-7-11(13-14-11)8-6-10(15)12-9-4-2/h1H,4-9H2,2H3,(H,12,15). The lowest BCUT2D eigenvalue weighted by molar-refractivity contribution is -0.121. The van der Waals surface area contributed by atoms with Crippen molar-refractivity contribution in [3.05, 3.63) is 0 Å². The van der Waals surface area contributed by atoms with E-state index in [2.05, 4.69) is 21.5 Å². The van der Waals surface area contributed by atoms with E-state index in [0.717, 1.165) is 19.4 Å². The number of terminal acetylenes is 1. The molecule has 1 aliphatic heterocycles. The van der Waals surface area contributed by atoms with Gasteiger partial charge in [0.1, 0.15) is 0 Å². The molecule has 1 amide bonds. The molecular weight excluding hydrogens is 190 g/mol. The van der Waals surface area contributed by atoms with Crippen LogP contribution in [0, 0.1) is 12.3 Å². The van der Waals surface area contributed by atoms with Crippen molar-refractivity contribution in [3.63, 3.8) is 0 Å². The first-order valence-electron chi connectivity index (χ1n) is 5.36. The molecule has 0 aliphatic carbocycles. The molecule has 0 aromatic carbocycles. The normalized spacial score (nSPS) is 15.7. The number of rotatable bonds is 7. The van der Waals surface area contributed by atoms with Crippen LogP contribution in [0.4, 0.5) is 0 Å². The van der Waals surface area contributed by atoms with Gasteiger partial charge in [-0.2, -0.15) is 10.2 Å². The molecule has 0 aromatic heterocycles. The molecule has 0 aromatic rings. The largest absolute Gasteiger partial charge is 0.356 e. The van der Waals surface area contributed by atoms with Crippen LogP contribution in [-0.2, 0) is 4.79 Å². The van der Waals surface area contributed by atoms with E-state index in [9.17, 15) is 4.79 Å². The average molecular weight is 207 g/mol. The molecule has 0 saturated heterocycles. The monoisotopic (exact) mass is 207 g/mol. The minimum Gasteiger partial charge on any atom is -0.356 e. The van der Waals surface area contributed by atoms with Crippen molar-refractivity contribution >= 4 is 5.91 Å². The zero-order valence-corrected chi connectivity index (χ0v) is 9.12. The first-order valence-corrected chi connectivity index (χ1v) is 5.36. The van der Waals surface area contributed by atoms with Gasteiger partial charge in [0.25, 0.3) is 0 Å². The van der Waals surface area contributed by atoms with Crippen LogP contribution in [0.3, 0.4) is 0 Å². The molecule has 15 heavy (non-hydrogen) atoms. The highest BCUT2D eigenvalue weighted by Crippen LogP contribution is 2.37. The minimum absolute atomic E-state index is 0.0780. The zero-order chi connectivity index (χ0) is 11.1. The van der Waals surface area contributed by atoms with Gasteiger partial charge in [0.15, 0.2) is 5.66 Å². The SMILES string of the molecule is C#CCCC1(CCC(=O)NCCC)N=N1. The summed E-state index contributed by atoms with van der Waals surface area (Å²) in [6.45, 7) is 2.77. The Kier molecular flexibility index (Phi) is 4.29. The van der Waals surface area contributed by atoms with Gasteiger partial charge in [0.05, 0.1) is 0 Å². The van der Waals surface area contributed by atoms with E-state index in [4.69, 9.17) is 6.42 Å². The maximum Gasteiger partial charge on any atom is 0.220 e. The van der Waals surface area contributed by atoms with Crippen LogP contribution < -0.4 is 5.32 Å². The van der Waals surface area contributed by atoms with E-state index in [1.165, 1.54) is 0 Å². The van der Waals surface area contributed by atoms with Gasteiger partial charge >= 0.3 is 0 Å². The van der Waals surface area contributed by atoms with Crippen molar-refractivity contribution in [2.45, 2.75) is 44.7 Å². The molecule has 4 heteroatoms. The lowest BCUT2D eigenvalue weighted by Gasteiger charge is -2.08. The summed E-state index contributed by atoms with van der Waals surface area (Å²) < 4.78 is 0. The molecule has 1 rings (SSSR count). The van der Waals surface area contributed by atoms with E-state index in [0.29, 0.717) is 19.3 Å². The fourth-order valence-corrected chi connectivity index (χ4v) is 1.33. The molecule has 1 aliphatic rings. The molecule has 0 saturated carbocycles. The van der Waals surface area contributed by atoms with Crippen molar-refractivity contribution in [1.82, 2.24) is 5.32 Å².